The van der Waals surface area contributed by atoms with Gasteiger partial charge in [0, 0.05) is 0 Å². The topological polar surface area (TPSA) is 211 Å². The second kappa shape index (κ2) is 11.1. The molecule has 0 bridgehead atoms. The summed E-state index contributed by atoms with van der Waals surface area (Å²) in [5.74, 6) is -1.09. The number of hydrogen-bond acceptors (Lipinski definition) is 13. The molecule has 5 unspecified atom stereocenters. The zero-order valence-electron chi connectivity index (χ0n) is 24.5. The molecule has 1 aromatic rings. The van der Waals surface area contributed by atoms with Gasteiger partial charge in [0.05, 0.1) is 6.61 Å². The molecule has 0 aliphatic carbocycles. The van der Waals surface area contributed by atoms with Gasteiger partial charge in [-0.25, -0.2) is 19.3 Å². The van der Waals surface area contributed by atoms with Gasteiger partial charge in [-0.15, -0.1) is 0 Å². The van der Waals surface area contributed by atoms with Crippen LogP contribution in [0.4, 0.5) is 31.8 Å². The van der Waals surface area contributed by atoms with Gasteiger partial charge in [0.25, 0.3) is 5.56 Å². The van der Waals surface area contributed by atoms with E-state index in [1.807, 2.05) is 0 Å². The van der Waals surface area contributed by atoms with Gasteiger partial charge in [0.15, 0.2) is 12.0 Å². The van der Waals surface area contributed by atoms with Crippen molar-refractivity contribution < 1.29 is 48.7 Å². The van der Waals surface area contributed by atoms with Crippen LogP contribution in [0.3, 0.4) is 0 Å². The molecular weight excluding hydrogens is 546 g/mol. The minimum absolute atomic E-state index is 0.428. The number of fused-ring (bicyclic) bond motifs is 2. The SMILES string of the molecule is CC(C)(C)OC(=O)Nc1nc2c(c(=O)n1C(=O)OC(C)(C)C)NC1C(O)C(O)C(CO)OC1N2C(=O)OC(C)(C)C. The molecule has 2 aliphatic rings. The lowest BCUT2D eigenvalue weighted by atomic mass is 9.94. The van der Waals surface area contributed by atoms with Crippen molar-refractivity contribution in [2.45, 2.75) is 110 Å². The Balaban J connectivity index is 2.27. The maximum absolute atomic E-state index is 13.8. The Kier molecular flexibility index (Phi) is 8.66. The molecule has 1 saturated heterocycles. The van der Waals surface area contributed by atoms with Crippen LogP contribution in [0.5, 0.6) is 0 Å². The van der Waals surface area contributed by atoms with Crippen LogP contribution >= 0.6 is 0 Å². The highest BCUT2D eigenvalue weighted by atomic mass is 16.6. The van der Waals surface area contributed by atoms with Crippen molar-refractivity contribution in [3.05, 3.63) is 10.4 Å². The zero-order valence-corrected chi connectivity index (χ0v) is 24.5. The maximum Gasteiger partial charge on any atom is 0.424 e. The molecule has 0 radical (unpaired) electrons. The number of nitrogens with zero attached hydrogens (tertiary/aromatic N) is 3. The molecule has 230 valence electrons. The first-order valence-corrected chi connectivity index (χ1v) is 12.9. The molecule has 16 heteroatoms. The highest BCUT2D eigenvalue weighted by Crippen LogP contribution is 2.37. The third kappa shape index (κ3) is 7.25. The Morgan fingerprint density at radius 2 is 1.46 bits per heavy atom. The summed E-state index contributed by atoms with van der Waals surface area (Å²) in [4.78, 5) is 58.2. The molecule has 5 atom stereocenters. The molecule has 0 saturated carbocycles. The second-order valence-corrected chi connectivity index (χ2v) is 12.6. The van der Waals surface area contributed by atoms with Crippen molar-refractivity contribution >= 4 is 35.7 Å². The lowest BCUT2D eigenvalue weighted by molar-refractivity contribution is -0.185. The molecule has 0 spiro atoms. The smallest absolute Gasteiger partial charge is 0.424 e. The number of carbonyl (C=O) groups is 3. The van der Waals surface area contributed by atoms with Crippen molar-refractivity contribution in [2.24, 2.45) is 0 Å². The van der Waals surface area contributed by atoms with Gasteiger partial charge in [-0.2, -0.15) is 9.55 Å². The van der Waals surface area contributed by atoms with Crippen LogP contribution in [0.1, 0.15) is 62.3 Å². The Morgan fingerprint density at radius 1 is 0.927 bits per heavy atom. The number of aliphatic hydroxyl groups excluding tert-OH is 3. The Morgan fingerprint density at radius 3 is 1.98 bits per heavy atom. The van der Waals surface area contributed by atoms with Crippen molar-refractivity contribution in [1.29, 1.82) is 0 Å². The summed E-state index contributed by atoms with van der Waals surface area (Å²) in [6.45, 7) is 13.5. The number of aliphatic hydroxyl groups is 3. The van der Waals surface area contributed by atoms with Crippen molar-refractivity contribution in [1.82, 2.24) is 9.55 Å². The van der Waals surface area contributed by atoms with E-state index in [0.717, 1.165) is 4.90 Å². The van der Waals surface area contributed by atoms with Crippen molar-refractivity contribution in [2.75, 3.05) is 22.1 Å². The van der Waals surface area contributed by atoms with Gasteiger partial charge >= 0.3 is 18.3 Å². The molecular formula is C25H39N5O11. The van der Waals surface area contributed by atoms with Crippen LogP contribution < -0.4 is 21.1 Å². The van der Waals surface area contributed by atoms with E-state index in [2.05, 4.69) is 15.6 Å². The number of rotatable bonds is 2. The van der Waals surface area contributed by atoms with E-state index in [1.54, 1.807) is 62.3 Å². The average molecular weight is 586 g/mol. The number of aromatic nitrogens is 2. The van der Waals surface area contributed by atoms with E-state index < -0.39 is 95.3 Å². The Hall–Kier alpha value is -3.47. The van der Waals surface area contributed by atoms with Gasteiger partial charge in [0.2, 0.25) is 5.95 Å². The molecule has 16 nitrogen and oxygen atoms in total. The molecule has 3 heterocycles. The standard InChI is InChI=1S/C25H39N5O11/c1-23(2,3)39-20(35)28-19-27-16-13(17(34)30(19)22(37)41-25(7,8)9)26-12-15(33)14(32)11(10-31)38-18(12)29(16)21(36)40-24(4,5)6/h11-12,14-15,18,26,31-33H,10H2,1-9H3,(H,27,28,35). The summed E-state index contributed by atoms with van der Waals surface area (Å²) >= 11 is 0. The molecule has 2 amide bonds. The zero-order chi connectivity index (χ0) is 31.2. The lowest BCUT2D eigenvalue weighted by Gasteiger charge is -2.49. The van der Waals surface area contributed by atoms with E-state index in [0.29, 0.717) is 4.57 Å². The van der Waals surface area contributed by atoms with E-state index in [4.69, 9.17) is 18.9 Å². The molecule has 41 heavy (non-hydrogen) atoms. The average Bonchev–Trinajstić information content (AvgIpc) is 2.76. The third-order valence-corrected chi connectivity index (χ3v) is 5.54. The fourth-order valence-corrected chi connectivity index (χ4v) is 4.03. The van der Waals surface area contributed by atoms with Gasteiger partial charge in [0.1, 0.15) is 46.8 Å². The minimum Gasteiger partial charge on any atom is -0.444 e. The largest absolute Gasteiger partial charge is 0.444 e. The number of carbonyl (C=O) groups excluding carboxylic acids is 3. The van der Waals surface area contributed by atoms with E-state index in [9.17, 15) is 34.5 Å². The molecule has 5 N–H and O–H groups in total. The van der Waals surface area contributed by atoms with Crippen LogP contribution in [-0.2, 0) is 18.9 Å². The number of nitrogens with one attached hydrogen (secondary N) is 2. The monoisotopic (exact) mass is 585 g/mol. The number of ether oxygens (including phenoxy) is 4. The van der Waals surface area contributed by atoms with E-state index in [1.165, 1.54) is 0 Å². The summed E-state index contributed by atoms with van der Waals surface area (Å²) in [6.07, 6.45) is -9.38. The quantitative estimate of drug-likeness (QED) is 0.311. The van der Waals surface area contributed by atoms with Crippen LogP contribution in [0.2, 0.25) is 0 Å². The first-order chi connectivity index (χ1) is 18.6. The Bertz CT molecular complexity index is 1240. The third-order valence-electron chi connectivity index (χ3n) is 5.54. The number of amides is 2. The van der Waals surface area contributed by atoms with Gasteiger partial charge in [-0.1, -0.05) is 0 Å². The van der Waals surface area contributed by atoms with Gasteiger partial charge in [-0.3, -0.25) is 10.1 Å². The van der Waals surface area contributed by atoms with Gasteiger partial charge < -0.3 is 39.6 Å². The number of hydrogen-bond donors (Lipinski definition) is 5. The van der Waals surface area contributed by atoms with Crippen LogP contribution in [0.15, 0.2) is 4.79 Å². The lowest BCUT2D eigenvalue weighted by Crippen LogP contribution is -2.69. The number of anilines is 3. The van der Waals surface area contributed by atoms with Crippen molar-refractivity contribution in [3.63, 3.8) is 0 Å². The molecule has 2 aliphatic heterocycles. The summed E-state index contributed by atoms with van der Waals surface area (Å²) in [5.41, 5.74) is -4.64. The first-order valence-electron chi connectivity index (χ1n) is 12.9. The summed E-state index contributed by atoms with van der Waals surface area (Å²) < 4.78 is 22.3. The first kappa shape index (κ1) is 32.0. The predicted molar refractivity (Wildman–Crippen MR) is 144 cm³/mol. The van der Waals surface area contributed by atoms with Crippen LogP contribution in [0, 0.1) is 0 Å². The summed E-state index contributed by atoms with van der Waals surface area (Å²) in [5, 5.41) is 36.0. The predicted octanol–water partition coefficient (Wildman–Crippen LogP) is 1.35. The van der Waals surface area contributed by atoms with E-state index in [-0.39, 0.29) is 0 Å². The molecule has 0 aromatic carbocycles. The Labute approximate surface area is 236 Å². The normalized spacial score (nSPS) is 24.4. The highest BCUT2D eigenvalue weighted by Gasteiger charge is 2.53. The molecule has 1 fully saturated rings. The fraction of sp³-hybridized carbons (Fsp3) is 0.720. The van der Waals surface area contributed by atoms with Gasteiger partial charge in [-0.05, 0) is 62.3 Å². The highest BCUT2D eigenvalue weighted by molar-refractivity contribution is 5.95. The van der Waals surface area contributed by atoms with Crippen LogP contribution in [0.25, 0.3) is 0 Å². The van der Waals surface area contributed by atoms with E-state index >= 15 is 0 Å². The summed E-state index contributed by atoms with van der Waals surface area (Å²) in [7, 11) is 0. The minimum atomic E-state index is -1.65. The summed E-state index contributed by atoms with van der Waals surface area (Å²) in [6, 6.07) is -1.33. The fourth-order valence-electron chi connectivity index (χ4n) is 4.03. The van der Waals surface area contributed by atoms with Crippen LogP contribution in [-0.4, -0.2) is 97.1 Å². The molecule has 1 aromatic heterocycles. The second-order valence-electron chi connectivity index (χ2n) is 12.6. The maximum atomic E-state index is 13.8. The van der Waals surface area contributed by atoms with Crippen molar-refractivity contribution in [3.8, 4) is 0 Å². The molecule has 3 rings (SSSR count).